The fraction of sp³-hybridized carbons (Fsp3) is 0.600. The van der Waals surface area contributed by atoms with Crippen molar-refractivity contribution in [2.45, 2.75) is 32.4 Å². The third-order valence-corrected chi connectivity index (χ3v) is 3.24. The van der Waals surface area contributed by atoms with E-state index in [4.69, 9.17) is 0 Å². The Morgan fingerprint density at radius 2 is 1.42 bits per heavy atom. The van der Waals surface area contributed by atoms with Gasteiger partial charge in [-0.05, 0) is 23.5 Å². The number of hydrogen-bond acceptors (Lipinski definition) is 4. The van der Waals surface area contributed by atoms with Crippen molar-refractivity contribution in [3.8, 4) is 0 Å². The molecule has 1 aromatic rings. The van der Waals surface area contributed by atoms with Gasteiger partial charge in [0.2, 0.25) is 0 Å². The van der Waals surface area contributed by atoms with Crippen LogP contribution in [0.4, 0.5) is 0 Å². The van der Waals surface area contributed by atoms with E-state index in [1.807, 2.05) is 12.1 Å². The summed E-state index contributed by atoms with van der Waals surface area (Å²) in [4.78, 5) is 0. The highest BCUT2D eigenvalue weighted by Crippen LogP contribution is 2.11. The van der Waals surface area contributed by atoms with Crippen LogP contribution in [-0.4, -0.2) is 40.7 Å². The van der Waals surface area contributed by atoms with Gasteiger partial charge in [-0.1, -0.05) is 38.1 Å². The Labute approximate surface area is 115 Å². The maximum Gasteiger partial charge on any atom is 0.0884 e. The monoisotopic (exact) mass is 267 g/mol. The van der Waals surface area contributed by atoms with E-state index in [1.165, 1.54) is 5.56 Å². The maximum absolute atomic E-state index is 9.22. The second kappa shape index (κ2) is 7.60. The zero-order valence-electron chi connectivity index (χ0n) is 11.8. The van der Waals surface area contributed by atoms with Gasteiger partial charge in [-0.3, -0.25) is 0 Å². The average Bonchev–Trinajstić information content (AvgIpc) is 2.42. The number of aliphatic hydroxyl groups excluding tert-OH is 3. The number of benzene rings is 1. The van der Waals surface area contributed by atoms with Crippen LogP contribution >= 0.6 is 0 Å². The smallest absolute Gasteiger partial charge is 0.0884 e. The molecule has 0 atom stereocenters. The first-order valence-corrected chi connectivity index (χ1v) is 6.70. The summed E-state index contributed by atoms with van der Waals surface area (Å²) >= 11 is 0. The second-order valence-electron chi connectivity index (χ2n) is 5.52. The average molecular weight is 267 g/mol. The fourth-order valence-corrected chi connectivity index (χ4v) is 1.87. The quantitative estimate of drug-likeness (QED) is 0.559. The van der Waals surface area contributed by atoms with Crippen molar-refractivity contribution in [3.63, 3.8) is 0 Å². The first kappa shape index (κ1) is 16.1. The van der Waals surface area contributed by atoms with E-state index in [-0.39, 0.29) is 19.8 Å². The SMILES string of the molecule is CC(C)Cc1ccc(CNC(CO)(CO)CO)cc1. The van der Waals surface area contributed by atoms with Gasteiger partial charge < -0.3 is 20.6 Å². The van der Waals surface area contributed by atoms with E-state index < -0.39 is 5.54 Å². The van der Waals surface area contributed by atoms with Crippen LogP contribution in [0.25, 0.3) is 0 Å². The van der Waals surface area contributed by atoms with Crippen LogP contribution in [0.1, 0.15) is 25.0 Å². The van der Waals surface area contributed by atoms with Crippen LogP contribution < -0.4 is 5.32 Å². The van der Waals surface area contributed by atoms with Crippen molar-refractivity contribution in [1.82, 2.24) is 5.32 Å². The Hall–Kier alpha value is -0.940. The molecule has 0 radical (unpaired) electrons. The van der Waals surface area contributed by atoms with Crippen molar-refractivity contribution in [3.05, 3.63) is 35.4 Å². The van der Waals surface area contributed by atoms with Crippen LogP contribution in [0.3, 0.4) is 0 Å². The predicted octanol–water partition coefficient (Wildman–Crippen LogP) is 0.690. The minimum Gasteiger partial charge on any atom is -0.394 e. The highest BCUT2D eigenvalue weighted by atomic mass is 16.3. The molecule has 19 heavy (non-hydrogen) atoms. The molecular weight excluding hydrogens is 242 g/mol. The molecule has 0 aliphatic rings. The molecule has 0 aromatic heterocycles. The van der Waals surface area contributed by atoms with Crippen LogP contribution in [0.2, 0.25) is 0 Å². The first-order valence-electron chi connectivity index (χ1n) is 6.70. The molecule has 1 rings (SSSR count). The van der Waals surface area contributed by atoms with Gasteiger partial charge >= 0.3 is 0 Å². The van der Waals surface area contributed by atoms with Crippen molar-refractivity contribution in [2.24, 2.45) is 5.92 Å². The van der Waals surface area contributed by atoms with E-state index in [9.17, 15) is 15.3 Å². The van der Waals surface area contributed by atoms with Gasteiger partial charge in [-0.2, -0.15) is 0 Å². The summed E-state index contributed by atoms with van der Waals surface area (Å²) in [6, 6.07) is 8.24. The number of nitrogens with one attached hydrogen (secondary N) is 1. The molecule has 108 valence electrons. The van der Waals surface area contributed by atoms with Gasteiger partial charge in [0.05, 0.1) is 25.4 Å². The Morgan fingerprint density at radius 3 is 1.84 bits per heavy atom. The molecule has 0 fully saturated rings. The van der Waals surface area contributed by atoms with Crippen molar-refractivity contribution in [1.29, 1.82) is 0 Å². The molecule has 0 heterocycles. The predicted molar refractivity (Wildman–Crippen MR) is 75.8 cm³/mol. The van der Waals surface area contributed by atoms with Crippen molar-refractivity contribution >= 4 is 0 Å². The molecule has 0 bridgehead atoms. The van der Waals surface area contributed by atoms with Gasteiger partial charge in [0.25, 0.3) is 0 Å². The van der Waals surface area contributed by atoms with E-state index in [0.717, 1.165) is 12.0 Å². The molecule has 4 N–H and O–H groups in total. The fourth-order valence-electron chi connectivity index (χ4n) is 1.87. The van der Waals surface area contributed by atoms with E-state index >= 15 is 0 Å². The molecule has 4 heteroatoms. The number of rotatable bonds is 8. The lowest BCUT2D eigenvalue weighted by Gasteiger charge is -2.28. The standard InChI is InChI=1S/C15H25NO3/c1-12(2)7-13-3-5-14(6-4-13)8-16-15(9-17,10-18)11-19/h3-6,12,16-19H,7-11H2,1-2H3. The highest BCUT2D eigenvalue weighted by molar-refractivity contribution is 5.23. The molecule has 0 aliphatic carbocycles. The molecule has 0 saturated heterocycles. The zero-order valence-corrected chi connectivity index (χ0v) is 11.8. The zero-order chi connectivity index (χ0) is 14.3. The molecule has 4 nitrogen and oxygen atoms in total. The molecule has 0 spiro atoms. The molecule has 0 aliphatic heterocycles. The third kappa shape index (κ3) is 4.91. The molecule has 0 unspecified atom stereocenters. The maximum atomic E-state index is 9.22. The van der Waals surface area contributed by atoms with Crippen LogP contribution in [-0.2, 0) is 13.0 Å². The number of aliphatic hydroxyl groups is 3. The lowest BCUT2D eigenvalue weighted by molar-refractivity contribution is 0.0414. The van der Waals surface area contributed by atoms with Crippen LogP contribution in [0, 0.1) is 5.92 Å². The van der Waals surface area contributed by atoms with Gasteiger partial charge in [0.15, 0.2) is 0 Å². The van der Waals surface area contributed by atoms with Gasteiger partial charge in [-0.25, -0.2) is 0 Å². The van der Waals surface area contributed by atoms with Gasteiger partial charge in [0.1, 0.15) is 0 Å². The first-order chi connectivity index (χ1) is 9.05. The lowest BCUT2D eigenvalue weighted by atomic mass is 10.0. The minimum atomic E-state index is -1.02. The van der Waals surface area contributed by atoms with E-state index in [0.29, 0.717) is 12.5 Å². The van der Waals surface area contributed by atoms with Crippen LogP contribution in [0.15, 0.2) is 24.3 Å². The molecule has 0 amide bonds. The molecule has 1 aromatic carbocycles. The molecular formula is C15H25NO3. The van der Waals surface area contributed by atoms with Gasteiger partial charge in [0, 0.05) is 6.54 Å². The van der Waals surface area contributed by atoms with Crippen molar-refractivity contribution in [2.75, 3.05) is 19.8 Å². The summed E-state index contributed by atoms with van der Waals surface area (Å²) in [6.07, 6.45) is 1.06. The Balaban J connectivity index is 2.58. The number of hydrogen-bond donors (Lipinski definition) is 4. The topological polar surface area (TPSA) is 72.7 Å². The van der Waals surface area contributed by atoms with Gasteiger partial charge in [-0.15, -0.1) is 0 Å². The van der Waals surface area contributed by atoms with E-state index in [2.05, 4.69) is 31.3 Å². The summed E-state index contributed by atoms with van der Waals surface area (Å²) in [5, 5.41) is 30.7. The summed E-state index contributed by atoms with van der Waals surface area (Å²) in [6.45, 7) is 3.98. The second-order valence-corrected chi connectivity index (χ2v) is 5.52. The highest BCUT2D eigenvalue weighted by Gasteiger charge is 2.26. The Morgan fingerprint density at radius 1 is 0.947 bits per heavy atom. The van der Waals surface area contributed by atoms with Crippen LogP contribution in [0.5, 0.6) is 0 Å². The summed E-state index contributed by atoms with van der Waals surface area (Å²) in [5.41, 5.74) is 1.35. The van der Waals surface area contributed by atoms with E-state index in [1.54, 1.807) is 0 Å². The summed E-state index contributed by atoms with van der Waals surface area (Å²) in [5.74, 6) is 0.634. The summed E-state index contributed by atoms with van der Waals surface area (Å²) in [7, 11) is 0. The Bertz CT molecular complexity index is 350. The Kier molecular flexibility index (Phi) is 6.45. The van der Waals surface area contributed by atoms with Crippen molar-refractivity contribution < 1.29 is 15.3 Å². The summed E-state index contributed by atoms with van der Waals surface area (Å²) < 4.78 is 0. The lowest BCUT2D eigenvalue weighted by Crippen LogP contribution is -2.54. The third-order valence-electron chi connectivity index (χ3n) is 3.24. The minimum absolute atomic E-state index is 0.300. The largest absolute Gasteiger partial charge is 0.394 e. The normalized spacial score (nSPS) is 12.1. The molecule has 0 saturated carbocycles.